The number of aliphatic hydroxyl groups is 1. The molecule has 4 rings (SSSR count). The van der Waals surface area contributed by atoms with Crippen molar-refractivity contribution in [3.8, 4) is 0 Å². The summed E-state index contributed by atoms with van der Waals surface area (Å²) in [7, 11) is 0. The minimum Gasteiger partial charge on any atom is -0.466 e. The van der Waals surface area contributed by atoms with Gasteiger partial charge < -0.3 is 38.1 Å². The van der Waals surface area contributed by atoms with Gasteiger partial charge in [0, 0.05) is 6.42 Å². The Bertz CT molecular complexity index is 1030. The number of fused-ring (bicyclic) bond motifs is 5. The Morgan fingerprint density at radius 3 is 2.21 bits per heavy atom. The molecular formula is C38H71N5O5. The molecule has 3 unspecified atom stereocenters. The molecule has 4 fully saturated rings. The molecule has 10 heteroatoms. The van der Waals surface area contributed by atoms with E-state index in [0.717, 1.165) is 50.4 Å². The second-order valence-electron chi connectivity index (χ2n) is 16.2. The van der Waals surface area contributed by atoms with E-state index < -0.39 is 18.0 Å². The molecule has 0 aromatic heterocycles. The van der Waals surface area contributed by atoms with Gasteiger partial charge in [-0.3, -0.25) is 14.4 Å². The van der Waals surface area contributed by atoms with Crippen molar-refractivity contribution >= 4 is 17.8 Å². The third-order valence-corrected chi connectivity index (χ3v) is 13.4. The van der Waals surface area contributed by atoms with Gasteiger partial charge in [0.05, 0.1) is 18.8 Å². The number of nitrogens with two attached hydrogens (primary N) is 4. The Labute approximate surface area is 291 Å². The molecule has 10 nitrogen and oxygen atoms in total. The van der Waals surface area contributed by atoms with Crippen molar-refractivity contribution in [2.75, 3.05) is 19.7 Å². The summed E-state index contributed by atoms with van der Waals surface area (Å²) < 4.78 is 5.16. The van der Waals surface area contributed by atoms with Crippen molar-refractivity contribution in [3.63, 3.8) is 0 Å². The number of rotatable bonds is 16. The highest BCUT2D eigenvalue weighted by Crippen LogP contribution is 2.68. The fourth-order valence-electron chi connectivity index (χ4n) is 10.7. The molecule has 0 spiro atoms. The molecule has 48 heavy (non-hydrogen) atoms. The number of ether oxygens (including phenoxy) is 1. The number of hydrogen-bond donors (Lipinski definition) is 6. The summed E-state index contributed by atoms with van der Waals surface area (Å²) in [6, 6.07) is -1.29. The van der Waals surface area contributed by atoms with Gasteiger partial charge in [0.25, 0.3) is 0 Å². The molecule has 278 valence electrons. The number of nitrogens with one attached hydrogen (secondary N) is 1. The summed E-state index contributed by atoms with van der Waals surface area (Å²) in [4.78, 5) is 34.9. The van der Waals surface area contributed by atoms with Gasteiger partial charge in [0.15, 0.2) is 0 Å². The van der Waals surface area contributed by atoms with Crippen LogP contribution < -0.4 is 28.3 Å². The van der Waals surface area contributed by atoms with Crippen molar-refractivity contribution in [2.24, 2.45) is 69.3 Å². The Balaban J connectivity index is 0.000000288. The third-order valence-electron chi connectivity index (χ3n) is 13.4. The van der Waals surface area contributed by atoms with Crippen LogP contribution in [0.3, 0.4) is 0 Å². The van der Waals surface area contributed by atoms with Gasteiger partial charge in [0.1, 0.15) is 6.04 Å². The van der Waals surface area contributed by atoms with Gasteiger partial charge >= 0.3 is 5.97 Å². The van der Waals surface area contributed by atoms with E-state index in [0.29, 0.717) is 73.5 Å². The fourth-order valence-corrected chi connectivity index (χ4v) is 10.7. The first-order valence-electron chi connectivity index (χ1n) is 19.4. The predicted octanol–water partition coefficient (Wildman–Crippen LogP) is 4.53. The molecule has 4 aliphatic rings. The van der Waals surface area contributed by atoms with Crippen molar-refractivity contribution in [3.05, 3.63) is 0 Å². The van der Waals surface area contributed by atoms with Crippen LogP contribution in [-0.2, 0) is 19.1 Å². The summed E-state index contributed by atoms with van der Waals surface area (Å²) >= 11 is 0. The van der Waals surface area contributed by atoms with E-state index in [1.807, 2.05) is 6.92 Å². The van der Waals surface area contributed by atoms with E-state index in [9.17, 15) is 19.5 Å². The first kappa shape index (κ1) is 40.7. The van der Waals surface area contributed by atoms with Gasteiger partial charge in [-0.2, -0.15) is 0 Å². The fraction of sp³-hybridized carbons (Fsp3) is 0.921. The Morgan fingerprint density at radius 1 is 0.896 bits per heavy atom. The van der Waals surface area contributed by atoms with Gasteiger partial charge in [-0.1, -0.05) is 40.0 Å². The second-order valence-corrected chi connectivity index (χ2v) is 16.2. The highest BCUT2D eigenvalue weighted by atomic mass is 16.5. The third kappa shape index (κ3) is 9.94. The average Bonchev–Trinajstić information content (AvgIpc) is 3.41. The van der Waals surface area contributed by atoms with Crippen LogP contribution in [0.1, 0.15) is 137 Å². The zero-order chi connectivity index (χ0) is 35.5. The topological polar surface area (TPSA) is 197 Å². The first-order chi connectivity index (χ1) is 22.8. The average molecular weight is 678 g/mol. The molecule has 0 radical (unpaired) electrons. The van der Waals surface area contributed by atoms with E-state index >= 15 is 0 Å². The first-order valence-corrected chi connectivity index (χ1v) is 19.4. The van der Waals surface area contributed by atoms with E-state index in [1.54, 1.807) is 0 Å². The number of amides is 2. The van der Waals surface area contributed by atoms with Gasteiger partial charge in [-0.15, -0.1) is 0 Å². The molecule has 0 aromatic carbocycles. The minimum absolute atomic E-state index is 0.0401. The van der Waals surface area contributed by atoms with Crippen LogP contribution in [0.25, 0.3) is 0 Å². The maximum absolute atomic E-state index is 11.9. The maximum atomic E-state index is 11.9. The van der Waals surface area contributed by atoms with E-state index in [-0.39, 0.29) is 18.0 Å². The largest absolute Gasteiger partial charge is 0.466 e. The minimum atomic E-state index is -0.667. The van der Waals surface area contributed by atoms with Crippen molar-refractivity contribution in [1.82, 2.24) is 5.32 Å². The summed E-state index contributed by atoms with van der Waals surface area (Å²) in [6.45, 7) is 11.0. The summed E-state index contributed by atoms with van der Waals surface area (Å²) in [5, 5.41) is 13.9. The number of carbonyl (C=O) groups is 3. The lowest BCUT2D eigenvalue weighted by atomic mass is 9.44. The monoisotopic (exact) mass is 678 g/mol. The van der Waals surface area contributed by atoms with Crippen LogP contribution in [0.2, 0.25) is 0 Å². The van der Waals surface area contributed by atoms with Crippen molar-refractivity contribution in [2.45, 2.75) is 155 Å². The Kier molecular flexibility index (Phi) is 16.1. The zero-order valence-electron chi connectivity index (χ0n) is 30.7. The number of esters is 1. The summed E-state index contributed by atoms with van der Waals surface area (Å²) in [6.07, 6.45) is 17.3. The van der Waals surface area contributed by atoms with Gasteiger partial charge in [0.2, 0.25) is 11.8 Å². The summed E-state index contributed by atoms with van der Waals surface area (Å²) in [5.74, 6) is 2.98. The molecule has 0 bridgehead atoms. The molecule has 10 N–H and O–H groups in total. The van der Waals surface area contributed by atoms with E-state index in [4.69, 9.17) is 27.7 Å². The smallest absolute Gasteiger partial charge is 0.305 e. The number of primary amides is 1. The highest BCUT2D eigenvalue weighted by Gasteiger charge is 2.62. The molecule has 0 aliphatic heterocycles. The number of hydrogen-bond acceptors (Lipinski definition) is 8. The molecule has 11 atom stereocenters. The second kappa shape index (κ2) is 19.0. The number of aliphatic hydroxyl groups excluding tert-OH is 1. The normalized spacial score (nSPS) is 34.2. The Morgan fingerprint density at radius 2 is 1.56 bits per heavy atom. The van der Waals surface area contributed by atoms with Crippen LogP contribution >= 0.6 is 0 Å². The SMILES string of the molecule is CCOC(=O)CC[C@@H](C)C1CCC2[C@H]3C(CC[C@@]21C)[C@@]1(C)CCCC[C@H]1C[C@H]3O.NCCCC[C@H](NC(=O)[C@@H](N)CCCCN)C(N)=O. The quantitative estimate of drug-likeness (QED) is 0.101. The molecule has 0 aromatic rings. The zero-order valence-corrected chi connectivity index (χ0v) is 30.7. The molecular weight excluding hydrogens is 606 g/mol. The number of unbranched alkanes of at least 4 members (excludes halogenated alkanes) is 2. The standard InChI is InChI=1S/C26H44O3.C12H27N5O2/c1-5-29-23(28)12-9-17(2)19-10-11-20-24-21(13-15-26(19,20)4)25(3)14-7-6-8-18(25)16-22(24)27;13-7-3-1-5-9(15)12(19)17-10(11(16)18)6-2-4-8-14/h17-22,24,27H,5-16H2,1-4H3;9-10H,1-8,13-15H2,(H2,16,18)(H,17,19)/t17-,18+,19?,20?,21?,22-,24+,25+,26-;9-,10-/m10/s1. The number of carbonyl (C=O) groups excluding carboxylic acids is 3. The predicted molar refractivity (Wildman–Crippen MR) is 191 cm³/mol. The van der Waals surface area contributed by atoms with Crippen molar-refractivity contribution < 1.29 is 24.2 Å². The van der Waals surface area contributed by atoms with Crippen LogP contribution in [0.4, 0.5) is 0 Å². The lowest BCUT2D eigenvalue weighted by Gasteiger charge is -2.62. The van der Waals surface area contributed by atoms with E-state index in [2.05, 4.69) is 26.1 Å². The maximum Gasteiger partial charge on any atom is 0.305 e. The lowest BCUT2D eigenvalue weighted by molar-refractivity contribution is -0.164. The van der Waals surface area contributed by atoms with Crippen LogP contribution in [0, 0.1) is 46.3 Å². The van der Waals surface area contributed by atoms with Crippen LogP contribution in [0.15, 0.2) is 0 Å². The van der Waals surface area contributed by atoms with Crippen molar-refractivity contribution in [1.29, 1.82) is 0 Å². The van der Waals surface area contributed by atoms with Gasteiger partial charge in [-0.05, 0) is 150 Å². The molecule has 0 saturated heterocycles. The van der Waals surface area contributed by atoms with E-state index in [1.165, 1.54) is 51.4 Å². The summed E-state index contributed by atoms with van der Waals surface area (Å²) in [5.41, 5.74) is 22.5. The van der Waals surface area contributed by atoms with Crippen LogP contribution in [-0.4, -0.2) is 60.8 Å². The Hall–Kier alpha value is -1.75. The highest BCUT2D eigenvalue weighted by molar-refractivity contribution is 5.88. The molecule has 0 heterocycles. The molecule has 4 saturated carbocycles. The lowest BCUT2D eigenvalue weighted by Crippen LogP contribution is -2.57. The van der Waals surface area contributed by atoms with Gasteiger partial charge in [-0.25, -0.2) is 0 Å². The van der Waals surface area contributed by atoms with Crippen LogP contribution in [0.5, 0.6) is 0 Å². The molecule has 2 amide bonds. The molecule has 4 aliphatic carbocycles.